The van der Waals surface area contributed by atoms with Crippen LogP contribution in [0.25, 0.3) is 0 Å². The Morgan fingerprint density at radius 2 is 1.62 bits per heavy atom. The largest absolute Gasteiger partial charge is 0.484 e. The normalized spacial score (nSPS) is 14.6. The first-order valence-corrected chi connectivity index (χ1v) is 10.0. The summed E-state index contributed by atoms with van der Waals surface area (Å²) in [6, 6.07) is 14.0. The second kappa shape index (κ2) is 10.0. The molecule has 0 aromatic heterocycles. The van der Waals surface area contributed by atoms with E-state index in [0.29, 0.717) is 24.5 Å². The lowest BCUT2D eigenvalue weighted by Gasteiger charge is -2.32. The number of piperidine rings is 1. The van der Waals surface area contributed by atoms with Gasteiger partial charge in [-0.2, -0.15) is 0 Å². The summed E-state index contributed by atoms with van der Waals surface area (Å²) in [6.07, 6.45) is 3.97. The molecule has 1 heterocycles. The van der Waals surface area contributed by atoms with E-state index in [1.807, 2.05) is 4.90 Å². The van der Waals surface area contributed by atoms with Crippen LogP contribution in [0.1, 0.15) is 30.4 Å². The molecule has 2 aromatic carbocycles. The number of carbonyl (C=O) groups is 2. The van der Waals surface area contributed by atoms with E-state index in [2.05, 4.69) is 24.3 Å². The Bertz CT molecular complexity index is 813. The van der Waals surface area contributed by atoms with Crippen LogP contribution < -0.4 is 10.5 Å². The monoisotopic (exact) mass is 398 g/mol. The number of ether oxygens (including phenoxy) is 1. The number of aryl methyl sites for hydroxylation is 1. The van der Waals surface area contributed by atoms with Gasteiger partial charge in [0.2, 0.25) is 5.91 Å². The SMILES string of the molecule is NC(=O)CCc1ccc(CC2CCN(C(=O)COc3ccc(F)cc3)CC2)cc1. The summed E-state index contributed by atoms with van der Waals surface area (Å²) in [5.74, 6) is 0.401. The summed E-state index contributed by atoms with van der Waals surface area (Å²) in [6.45, 7) is 1.43. The molecule has 0 aliphatic carbocycles. The Morgan fingerprint density at radius 1 is 1.00 bits per heavy atom. The van der Waals surface area contributed by atoms with Gasteiger partial charge in [0.25, 0.3) is 5.91 Å². The van der Waals surface area contributed by atoms with Crippen LogP contribution in [0.15, 0.2) is 48.5 Å². The molecule has 1 aliphatic rings. The van der Waals surface area contributed by atoms with Gasteiger partial charge in [-0.25, -0.2) is 4.39 Å². The number of carbonyl (C=O) groups excluding carboxylic acids is 2. The molecular formula is C23H27FN2O3. The van der Waals surface area contributed by atoms with Gasteiger partial charge in [-0.3, -0.25) is 9.59 Å². The van der Waals surface area contributed by atoms with Crippen LogP contribution in [0.3, 0.4) is 0 Å². The zero-order chi connectivity index (χ0) is 20.6. The molecule has 5 nitrogen and oxygen atoms in total. The number of hydrogen-bond donors (Lipinski definition) is 1. The van der Waals surface area contributed by atoms with E-state index in [9.17, 15) is 14.0 Å². The minimum absolute atomic E-state index is 0.0247. The average molecular weight is 398 g/mol. The van der Waals surface area contributed by atoms with Crippen molar-refractivity contribution in [2.75, 3.05) is 19.7 Å². The van der Waals surface area contributed by atoms with E-state index in [4.69, 9.17) is 10.5 Å². The Balaban J connectivity index is 1.40. The summed E-state index contributed by atoms with van der Waals surface area (Å²) >= 11 is 0. The number of hydrogen-bond acceptors (Lipinski definition) is 3. The van der Waals surface area contributed by atoms with Crippen LogP contribution in [-0.4, -0.2) is 36.4 Å². The predicted molar refractivity (Wildman–Crippen MR) is 109 cm³/mol. The van der Waals surface area contributed by atoms with Crippen molar-refractivity contribution in [3.05, 3.63) is 65.5 Å². The smallest absolute Gasteiger partial charge is 0.260 e. The van der Waals surface area contributed by atoms with Gasteiger partial charge in [0, 0.05) is 19.5 Å². The second-order valence-electron chi connectivity index (χ2n) is 7.55. The van der Waals surface area contributed by atoms with Gasteiger partial charge >= 0.3 is 0 Å². The van der Waals surface area contributed by atoms with Crippen LogP contribution in [0.2, 0.25) is 0 Å². The van der Waals surface area contributed by atoms with Crippen LogP contribution in [0.4, 0.5) is 4.39 Å². The molecule has 2 amide bonds. The molecule has 154 valence electrons. The molecule has 2 N–H and O–H groups in total. The van der Waals surface area contributed by atoms with E-state index in [0.717, 1.165) is 37.9 Å². The lowest BCUT2D eigenvalue weighted by Crippen LogP contribution is -2.41. The topological polar surface area (TPSA) is 72.6 Å². The maximum Gasteiger partial charge on any atom is 0.260 e. The maximum atomic E-state index is 12.9. The van der Waals surface area contributed by atoms with Gasteiger partial charge in [0.15, 0.2) is 6.61 Å². The Kier molecular flexibility index (Phi) is 7.22. The molecule has 0 unspecified atom stereocenters. The fourth-order valence-electron chi connectivity index (χ4n) is 3.60. The van der Waals surface area contributed by atoms with Crippen LogP contribution in [0.5, 0.6) is 5.75 Å². The van der Waals surface area contributed by atoms with E-state index in [-0.39, 0.29) is 24.2 Å². The number of halogens is 1. The van der Waals surface area contributed by atoms with Crippen molar-refractivity contribution in [2.24, 2.45) is 11.7 Å². The molecule has 2 aromatic rings. The highest BCUT2D eigenvalue weighted by molar-refractivity contribution is 5.77. The fraction of sp³-hybridized carbons (Fsp3) is 0.391. The number of nitrogens with zero attached hydrogens (tertiary/aromatic N) is 1. The number of benzene rings is 2. The van der Waals surface area contributed by atoms with Crippen molar-refractivity contribution < 1.29 is 18.7 Å². The number of amides is 2. The van der Waals surface area contributed by atoms with Crippen molar-refractivity contribution >= 4 is 11.8 Å². The highest BCUT2D eigenvalue weighted by Crippen LogP contribution is 2.22. The second-order valence-corrected chi connectivity index (χ2v) is 7.55. The lowest BCUT2D eigenvalue weighted by molar-refractivity contribution is -0.134. The summed E-state index contributed by atoms with van der Waals surface area (Å²) in [5.41, 5.74) is 7.59. The molecule has 3 rings (SSSR count). The number of primary amides is 1. The highest BCUT2D eigenvalue weighted by atomic mass is 19.1. The van der Waals surface area contributed by atoms with E-state index in [1.54, 1.807) is 0 Å². The Hall–Kier alpha value is -2.89. The van der Waals surface area contributed by atoms with Crippen LogP contribution >= 0.6 is 0 Å². The Labute approximate surface area is 170 Å². The van der Waals surface area contributed by atoms with Crippen molar-refractivity contribution in [1.82, 2.24) is 4.90 Å². The first-order chi connectivity index (χ1) is 14.0. The fourth-order valence-corrected chi connectivity index (χ4v) is 3.60. The van der Waals surface area contributed by atoms with Crippen molar-refractivity contribution in [2.45, 2.75) is 32.1 Å². The first-order valence-electron chi connectivity index (χ1n) is 10.0. The zero-order valence-corrected chi connectivity index (χ0v) is 16.5. The molecule has 0 saturated carbocycles. The number of likely N-dealkylation sites (tertiary alicyclic amines) is 1. The third-order valence-electron chi connectivity index (χ3n) is 5.35. The lowest BCUT2D eigenvalue weighted by atomic mass is 9.89. The summed E-state index contributed by atoms with van der Waals surface area (Å²) in [5, 5.41) is 0. The van der Waals surface area contributed by atoms with Gasteiger partial charge in [-0.1, -0.05) is 24.3 Å². The van der Waals surface area contributed by atoms with Gasteiger partial charge in [-0.15, -0.1) is 0 Å². The van der Waals surface area contributed by atoms with Gasteiger partial charge in [-0.05, 0) is 67.0 Å². The van der Waals surface area contributed by atoms with Crippen LogP contribution in [0, 0.1) is 11.7 Å². The van der Waals surface area contributed by atoms with Gasteiger partial charge < -0.3 is 15.4 Å². The molecule has 0 bridgehead atoms. The Morgan fingerprint density at radius 3 is 2.24 bits per heavy atom. The van der Waals surface area contributed by atoms with E-state index < -0.39 is 0 Å². The number of rotatable bonds is 8. The summed E-state index contributed by atoms with van der Waals surface area (Å²) < 4.78 is 18.4. The van der Waals surface area contributed by atoms with Gasteiger partial charge in [0.1, 0.15) is 11.6 Å². The minimum atomic E-state index is -0.328. The molecule has 1 fully saturated rings. The average Bonchev–Trinajstić information content (AvgIpc) is 2.73. The standard InChI is InChI=1S/C23H27FN2O3/c24-20-6-8-21(9-7-20)29-16-23(28)26-13-11-19(12-14-26)15-18-3-1-17(2-4-18)5-10-22(25)27/h1-4,6-9,19H,5,10-16H2,(H2,25,27). The molecule has 0 spiro atoms. The first kappa shape index (κ1) is 20.8. The molecule has 1 saturated heterocycles. The van der Waals surface area contributed by atoms with Crippen molar-refractivity contribution in [3.63, 3.8) is 0 Å². The predicted octanol–water partition coefficient (Wildman–Crippen LogP) is 3.10. The van der Waals surface area contributed by atoms with Crippen molar-refractivity contribution in [3.8, 4) is 5.75 Å². The molecule has 0 atom stereocenters. The van der Waals surface area contributed by atoms with Gasteiger partial charge in [0.05, 0.1) is 0 Å². The van der Waals surface area contributed by atoms with Crippen LogP contribution in [-0.2, 0) is 22.4 Å². The zero-order valence-electron chi connectivity index (χ0n) is 16.5. The van der Waals surface area contributed by atoms with E-state index >= 15 is 0 Å². The van der Waals surface area contributed by atoms with E-state index in [1.165, 1.54) is 29.8 Å². The third kappa shape index (κ3) is 6.59. The minimum Gasteiger partial charge on any atom is -0.484 e. The molecular weight excluding hydrogens is 371 g/mol. The number of nitrogens with two attached hydrogens (primary N) is 1. The molecule has 0 radical (unpaired) electrons. The highest BCUT2D eigenvalue weighted by Gasteiger charge is 2.23. The third-order valence-corrected chi connectivity index (χ3v) is 5.35. The molecule has 6 heteroatoms. The molecule has 1 aliphatic heterocycles. The summed E-state index contributed by atoms with van der Waals surface area (Å²) in [7, 11) is 0. The summed E-state index contributed by atoms with van der Waals surface area (Å²) in [4.78, 5) is 25.1. The quantitative estimate of drug-likeness (QED) is 0.743. The van der Waals surface area contributed by atoms with Crippen molar-refractivity contribution in [1.29, 1.82) is 0 Å². The molecule has 29 heavy (non-hydrogen) atoms. The maximum absolute atomic E-state index is 12.9.